The molecule has 0 N–H and O–H groups in total. The third-order valence-electron chi connectivity index (χ3n) is 6.34. The summed E-state index contributed by atoms with van der Waals surface area (Å²) in [6.45, 7) is 6.55. The summed E-state index contributed by atoms with van der Waals surface area (Å²) in [7, 11) is 3.18. The van der Waals surface area contributed by atoms with E-state index in [1.165, 1.54) is 5.56 Å². The number of hydrogen-bond donors (Lipinski definition) is 0. The molecule has 31 heavy (non-hydrogen) atoms. The van der Waals surface area contributed by atoms with Crippen LogP contribution in [0.3, 0.4) is 0 Å². The van der Waals surface area contributed by atoms with Gasteiger partial charge in [0, 0.05) is 28.3 Å². The highest BCUT2D eigenvalue weighted by Crippen LogP contribution is 2.50. The van der Waals surface area contributed by atoms with Gasteiger partial charge in [-0.3, -0.25) is 4.79 Å². The van der Waals surface area contributed by atoms with Crippen LogP contribution in [0.25, 0.3) is 0 Å². The van der Waals surface area contributed by atoms with Crippen molar-refractivity contribution in [1.29, 1.82) is 0 Å². The average molecular weight is 416 g/mol. The number of fused-ring (bicyclic) bond motifs is 1. The number of hydrogen-bond acceptors (Lipinski definition) is 3. The zero-order valence-corrected chi connectivity index (χ0v) is 18.8. The fraction of sp³-hybridized carbons (Fsp3) is 0.296. The molecule has 4 heteroatoms. The van der Waals surface area contributed by atoms with Crippen LogP contribution in [0.15, 0.2) is 72.8 Å². The number of methoxy groups -OCH3 is 2. The number of carbonyl (C=O) groups is 1. The molecule has 1 amide bonds. The van der Waals surface area contributed by atoms with Gasteiger partial charge in [-0.25, -0.2) is 0 Å². The monoisotopic (exact) mass is 415 g/mol. The summed E-state index contributed by atoms with van der Waals surface area (Å²) in [5.74, 6) is 1.13. The van der Waals surface area contributed by atoms with E-state index in [4.69, 9.17) is 9.47 Å². The second-order valence-corrected chi connectivity index (χ2v) is 8.95. The molecule has 0 unspecified atom stereocenters. The Morgan fingerprint density at radius 3 is 2.03 bits per heavy atom. The van der Waals surface area contributed by atoms with E-state index >= 15 is 0 Å². The summed E-state index contributed by atoms with van der Waals surface area (Å²) < 4.78 is 10.8. The molecular formula is C27H29NO3. The van der Waals surface area contributed by atoms with Crippen molar-refractivity contribution in [2.24, 2.45) is 0 Å². The number of amides is 1. The van der Waals surface area contributed by atoms with Crippen molar-refractivity contribution < 1.29 is 14.3 Å². The van der Waals surface area contributed by atoms with Gasteiger partial charge in [0.1, 0.15) is 11.5 Å². The van der Waals surface area contributed by atoms with Crippen LogP contribution in [-0.4, -0.2) is 25.7 Å². The second kappa shape index (κ2) is 7.77. The summed E-state index contributed by atoms with van der Waals surface area (Å²) in [5, 5.41) is 0. The maximum atomic E-state index is 13.9. The highest BCUT2D eigenvalue weighted by Gasteiger charge is 2.47. The summed E-state index contributed by atoms with van der Waals surface area (Å²) in [4.78, 5) is 15.8. The quantitative estimate of drug-likeness (QED) is 0.537. The SMILES string of the molecule is COc1cc(OC)cc(C(=O)N2c3ccccc3[C@@](C)(c3ccccc3)CC2(C)C)c1. The third-order valence-corrected chi connectivity index (χ3v) is 6.34. The number of anilines is 1. The molecule has 0 bridgehead atoms. The summed E-state index contributed by atoms with van der Waals surface area (Å²) in [6, 6.07) is 24.1. The second-order valence-electron chi connectivity index (χ2n) is 8.95. The van der Waals surface area contributed by atoms with E-state index in [2.05, 4.69) is 57.2 Å². The Labute approximate surface area is 184 Å². The van der Waals surface area contributed by atoms with Gasteiger partial charge in [-0.1, -0.05) is 55.5 Å². The lowest BCUT2D eigenvalue weighted by atomic mass is 9.65. The van der Waals surface area contributed by atoms with Gasteiger partial charge in [0.15, 0.2) is 0 Å². The number of rotatable bonds is 4. The van der Waals surface area contributed by atoms with E-state index in [9.17, 15) is 4.79 Å². The molecule has 0 saturated carbocycles. The average Bonchev–Trinajstić information content (AvgIpc) is 2.78. The highest BCUT2D eigenvalue weighted by atomic mass is 16.5. The largest absolute Gasteiger partial charge is 0.497 e. The molecule has 4 nitrogen and oxygen atoms in total. The Bertz CT molecular complexity index is 1080. The van der Waals surface area contributed by atoms with E-state index in [0.29, 0.717) is 17.1 Å². The van der Waals surface area contributed by atoms with E-state index < -0.39 is 5.54 Å². The molecule has 1 heterocycles. The van der Waals surface area contributed by atoms with E-state index in [1.54, 1.807) is 32.4 Å². The molecule has 0 aromatic heterocycles. The van der Waals surface area contributed by atoms with Crippen molar-refractivity contribution in [2.45, 2.75) is 38.1 Å². The lowest BCUT2D eigenvalue weighted by molar-refractivity contribution is 0.0948. The molecule has 0 spiro atoms. The van der Waals surface area contributed by atoms with Gasteiger partial charge in [0.25, 0.3) is 5.91 Å². The Hall–Kier alpha value is -3.27. The van der Waals surface area contributed by atoms with Crippen LogP contribution in [0, 0.1) is 0 Å². The first-order chi connectivity index (χ1) is 14.8. The minimum absolute atomic E-state index is 0.0650. The maximum absolute atomic E-state index is 13.9. The summed E-state index contributed by atoms with van der Waals surface area (Å²) in [6.07, 6.45) is 0.799. The Morgan fingerprint density at radius 1 is 0.839 bits per heavy atom. The van der Waals surface area contributed by atoms with E-state index in [0.717, 1.165) is 17.7 Å². The van der Waals surface area contributed by atoms with Crippen LogP contribution < -0.4 is 14.4 Å². The molecule has 1 aliphatic rings. The van der Waals surface area contributed by atoms with Crippen LogP contribution in [0.1, 0.15) is 48.7 Å². The van der Waals surface area contributed by atoms with Crippen molar-refractivity contribution in [3.63, 3.8) is 0 Å². The third kappa shape index (κ3) is 3.56. The van der Waals surface area contributed by atoms with Gasteiger partial charge in [-0.15, -0.1) is 0 Å². The van der Waals surface area contributed by atoms with Crippen molar-refractivity contribution in [3.05, 3.63) is 89.5 Å². The Balaban J connectivity index is 1.87. The van der Waals surface area contributed by atoms with Gasteiger partial charge in [-0.2, -0.15) is 0 Å². The predicted molar refractivity (Wildman–Crippen MR) is 124 cm³/mol. The van der Waals surface area contributed by atoms with Gasteiger partial charge < -0.3 is 14.4 Å². The predicted octanol–water partition coefficient (Wildman–Crippen LogP) is 5.84. The summed E-state index contributed by atoms with van der Waals surface area (Å²) >= 11 is 0. The molecule has 0 aliphatic carbocycles. The van der Waals surface area contributed by atoms with Gasteiger partial charge in [0.05, 0.1) is 14.2 Å². The molecule has 1 atom stereocenters. The first kappa shape index (κ1) is 21.0. The Morgan fingerprint density at radius 2 is 1.42 bits per heavy atom. The molecule has 160 valence electrons. The van der Waals surface area contributed by atoms with Gasteiger partial charge in [0.2, 0.25) is 0 Å². The molecule has 0 fully saturated rings. The summed E-state index contributed by atoms with van der Waals surface area (Å²) in [5.41, 5.74) is 3.28. The van der Waals surface area contributed by atoms with Crippen molar-refractivity contribution in [2.75, 3.05) is 19.1 Å². The molecule has 1 aliphatic heterocycles. The van der Waals surface area contributed by atoms with Crippen LogP contribution in [0.5, 0.6) is 11.5 Å². The topological polar surface area (TPSA) is 38.8 Å². The standard InChI is InChI=1S/C27H29NO3/c1-26(2)18-27(3,20-11-7-6-8-12-20)23-13-9-10-14-24(23)28(26)25(29)19-15-21(30-4)17-22(16-19)31-5/h6-17H,18H2,1-5H3/t27-/m1/s1. The number of nitrogens with zero attached hydrogens (tertiary/aromatic N) is 1. The lowest BCUT2D eigenvalue weighted by Gasteiger charge is -2.51. The number of carbonyl (C=O) groups excluding carboxylic acids is 1. The smallest absolute Gasteiger partial charge is 0.259 e. The normalized spacial score (nSPS) is 19.5. The van der Waals surface area contributed by atoms with Crippen LogP contribution in [0.2, 0.25) is 0 Å². The first-order valence-electron chi connectivity index (χ1n) is 10.5. The molecular weight excluding hydrogens is 386 g/mol. The molecule has 3 aromatic carbocycles. The van der Waals surface area contributed by atoms with Crippen molar-refractivity contribution >= 4 is 11.6 Å². The van der Waals surface area contributed by atoms with E-state index in [1.807, 2.05) is 23.1 Å². The van der Waals surface area contributed by atoms with Crippen LogP contribution in [-0.2, 0) is 5.41 Å². The first-order valence-corrected chi connectivity index (χ1v) is 10.5. The molecule has 0 saturated heterocycles. The lowest BCUT2D eigenvalue weighted by Crippen LogP contribution is -2.55. The minimum atomic E-state index is -0.410. The van der Waals surface area contributed by atoms with Crippen molar-refractivity contribution in [3.8, 4) is 11.5 Å². The maximum Gasteiger partial charge on any atom is 0.259 e. The van der Waals surface area contributed by atoms with Crippen LogP contribution in [0.4, 0.5) is 5.69 Å². The van der Waals surface area contributed by atoms with Gasteiger partial charge >= 0.3 is 0 Å². The van der Waals surface area contributed by atoms with Crippen LogP contribution >= 0.6 is 0 Å². The Kier molecular flexibility index (Phi) is 5.26. The molecule has 4 rings (SSSR count). The fourth-order valence-corrected chi connectivity index (χ4v) is 5.01. The number of ether oxygens (including phenoxy) is 2. The number of para-hydroxylation sites is 1. The highest BCUT2D eigenvalue weighted by molar-refractivity contribution is 6.08. The zero-order chi connectivity index (χ0) is 22.2. The van der Waals surface area contributed by atoms with E-state index in [-0.39, 0.29) is 11.3 Å². The number of benzene rings is 3. The zero-order valence-electron chi connectivity index (χ0n) is 18.8. The molecule has 0 radical (unpaired) electrons. The molecule has 3 aromatic rings. The fourth-order valence-electron chi connectivity index (χ4n) is 5.01. The van der Waals surface area contributed by atoms with Gasteiger partial charge in [-0.05, 0) is 49.6 Å². The van der Waals surface area contributed by atoms with Crippen molar-refractivity contribution in [1.82, 2.24) is 0 Å². The minimum Gasteiger partial charge on any atom is -0.497 e.